The third-order valence-corrected chi connectivity index (χ3v) is 3.83. The van der Waals surface area contributed by atoms with E-state index >= 15 is 0 Å². The van der Waals surface area contributed by atoms with Crippen LogP contribution < -0.4 is 5.32 Å². The lowest BCUT2D eigenvalue weighted by molar-refractivity contribution is 0.690. The van der Waals surface area contributed by atoms with Gasteiger partial charge < -0.3 is 5.32 Å². The molecule has 1 heteroatoms. The van der Waals surface area contributed by atoms with Crippen LogP contribution in [0.25, 0.3) is 11.1 Å². The summed E-state index contributed by atoms with van der Waals surface area (Å²) in [6.07, 6.45) is 3.43. The summed E-state index contributed by atoms with van der Waals surface area (Å²) in [6, 6.07) is 17.1. The molecule has 19 heavy (non-hydrogen) atoms. The Kier molecular flexibility index (Phi) is 3.29. The van der Waals surface area contributed by atoms with Crippen molar-refractivity contribution < 1.29 is 0 Å². The lowest BCUT2D eigenvalue weighted by atomic mass is 10.1. The minimum Gasteiger partial charge on any atom is -0.382 e. The zero-order valence-corrected chi connectivity index (χ0v) is 11.7. The molecule has 1 N–H and O–H groups in total. The highest BCUT2D eigenvalue weighted by molar-refractivity contribution is 5.78. The Morgan fingerprint density at radius 3 is 2.84 bits per heavy atom. The van der Waals surface area contributed by atoms with Gasteiger partial charge >= 0.3 is 0 Å². The second kappa shape index (κ2) is 5.08. The predicted octanol–water partition coefficient (Wildman–Crippen LogP) is 4.66. The van der Waals surface area contributed by atoms with Gasteiger partial charge in [0.1, 0.15) is 0 Å². The molecule has 1 nitrogen and oxygen atoms in total. The number of rotatable bonds is 4. The van der Waals surface area contributed by atoms with E-state index in [4.69, 9.17) is 0 Å². The highest BCUT2D eigenvalue weighted by Gasteiger charge is 2.18. The van der Waals surface area contributed by atoms with Gasteiger partial charge in [0.2, 0.25) is 0 Å². The fraction of sp³-hybridized carbons (Fsp3) is 0.333. The fourth-order valence-electron chi connectivity index (χ4n) is 2.91. The van der Waals surface area contributed by atoms with E-state index in [1.54, 1.807) is 0 Å². The van der Waals surface area contributed by atoms with Crippen LogP contribution in [-0.2, 0) is 6.42 Å². The molecule has 3 rings (SSSR count). The van der Waals surface area contributed by atoms with E-state index < -0.39 is 0 Å². The van der Waals surface area contributed by atoms with Crippen molar-refractivity contribution in [2.45, 2.75) is 39.2 Å². The Bertz CT molecular complexity index is 586. The summed E-state index contributed by atoms with van der Waals surface area (Å²) in [4.78, 5) is 0. The van der Waals surface area contributed by atoms with Crippen LogP contribution in [0, 0.1) is 6.07 Å². The molecule has 0 fully saturated rings. The van der Waals surface area contributed by atoms with Crippen molar-refractivity contribution >= 4 is 5.69 Å². The quantitative estimate of drug-likeness (QED) is 0.710. The minimum atomic E-state index is 0.517. The van der Waals surface area contributed by atoms with E-state index in [1.165, 1.54) is 35.1 Å². The number of benzene rings is 2. The lowest BCUT2D eigenvalue weighted by Gasteiger charge is -2.14. The first-order chi connectivity index (χ1) is 9.28. The molecular weight excluding hydrogens is 230 g/mol. The molecule has 0 spiro atoms. The average molecular weight is 250 g/mol. The zero-order chi connectivity index (χ0) is 13.2. The van der Waals surface area contributed by atoms with Crippen LogP contribution in [0.4, 0.5) is 5.69 Å². The standard InChI is InChI=1S/C18H20N/c1-3-6-13(2)19-16-9-10-18-15(12-16)11-14-7-4-5-8-17(14)18/h4-5,7-10,13,19H,3,6,11H2,1-2H3. The molecule has 0 heterocycles. The van der Waals surface area contributed by atoms with Gasteiger partial charge in [0.15, 0.2) is 0 Å². The Balaban J connectivity index is 1.85. The lowest BCUT2D eigenvalue weighted by Crippen LogP contribution is -2.14. The first kappa shape index (κ1) is 12.3. The van der Waals surface area contributed by atoms with Gasteiger partial charge in [0, 0.05) is 17.8 Å². The van der Waals surface area contributed by atoms with Crippen LogP contribution in [0.3, 0.4) is 0 Å². The fourth-order valence-corrected chi connectivity index (χ4v) is 2.91. The molecule has 0 amide bonds. The summed E-state index contributed by atoms with van der Waals surface area (Å²) in [6.45, 7) is 4.46. The Morgan fingerprint density at radius 2 is 2.00 bits per heavy atom. The van der Waals surface area contributed by atoms with Crippen molar-refractivity contribution in [2.24, 2.45) is 0 Å². The minimum absolute atomic E-state index is 0.517. The molecule has 97 valence electrons. The summed E-state index contributed by atoms with van der Waals surface area (Å²) >= 11 is 0. The van der Waals surface area contributed by atoms with Gasteiger partial charge in [-0.25, -0.2) is 0 Å². The maximum Gasteiger partial charge on any atom is 0.0426 e. The van der Waals surface area contributed by atoms with Gasteiger partial charge in [-0.1, -0.05) is 43.7 Å². The monoisotopic (exact) mass is 250 g/mol. The van der Waals surface area contributed by atoms with Crippen molar-refractivity contribution in [1.29, 1.82) is 0 Å². The van der Waals surface area contributed by atoms with Gasteiger partial charge in [-0.2, -0.15) is 0 Å². The molecule has 0 saturated carbocycles. The van der Waals surface area contributed by atoms with Gasteiger partial charge in [0.05, 0.1) is 0 Å². The second-order valence-corrected chi connectivity index (χ2v) is 5.43. The van der Waals surface area contributed by atoms with Crippen LogP contribution in [0.15, 0.2) is 36.4 Å². The molecule has 0 bridgehead atoms. The number of anilines is 1. The molecule has 1 radical (unpaired) electrons. The number of hydrogen-bond donors (Lipinski definition) is 1. The molecule has 0 aliphatic heterocycles. The molecule has 1 aliphatic rings. The van der Waals surface area contributed by atoms with Crippen LogP contribution >= 0.6 is 0 Å². The SMILES string of the molecule is CCCC(C)Nc1[c]c2c(cc1)-c1ccccc1C2. The number of hydrogen-bond acceptors (Lipinski definition) is 1. The number of nitrogens with one attached hydrogen (secondary N) is 1. The van der Waals surface area contributed by atoms with Gasteiger partial charge in [-0.05, 0) is 48.1 Å². The summed E-state index contributed by atoms with van der Waals surface area (Å²) in [5, 5.41) is 3.54. The van der Waals surface area contributed by atoms with E-state index in [0.717, 1.165) is 12.1 Å². The van der Waals surface area contributed by atoms with E-state index in [0.29, 0.717) is 6.04 Å². The van der Waals surface area contributed by atoms with E-state index in [-0.39, 0.29) is 0 Å². The second-order valence-electron chi connectivity index (χ2n) is 5.43. The maximum atomic E-state index is 3.55. The molecule has 1 atom stereocenters. The molecule has 2 aromatic rings. The molecule has 0 saturated heterocycles. The van der Waals surface area contributed by atoms with Crippen LogP contribution in [0.1, 0.15) is 37.8 Å². The topological polar surface area (TPSA) is 12.0 Å². The van der Waals surface area contributed by atoms with Crippen LogP contribution in [0.5, 0.6) is 0 Å². The first-order valence-electron chi connectivity index (χ1n) is 7.18. The molecule has 1 aliphatic carbocycles. The third kappa shape index (κ3) is 2.37. The third-order valence-electron chi connectivity index (χ3n) is 3.83. The first-order valence-corrected chi connectivity index (χ1v) is 7.18. The van der Waals surface area contributed by atoms with Crippen LogP contribution in [0.2, 0.25) is 0 Å². The summed E-state index contributed by atoms with van der Waals surface area (Å²) in [5.41, 5.74) is 6.61. The zero-order valence-electron chi connectivity index (χ0n) is 11.7. The molecule has 1 unspecified atom stereocenters. The average Bonchev–Trinajstić information content (AvgIpc) is 2.76. The van der Waals surface area contributed by atoms with Crippen molar-refractivity contribution in [3.63, 3.8) is 0 Å². The maximum absolute atomic E-state index is 3.55. The highest BCUT2D eigenvalue weighted by atomic mass is 14.9. The summed E-state index contributed by atoms with van der Waals surface area (Å²) < 4.78 is 0. The molecule has 0 aromatic heterocycles. The van der Waals surface area contributed by atoms with E-state index in [9.17, 15) is 0 Å². The van der Waals surface area contributed by atoms with Gasteiger partial charge in [0.25, 0.3) is 0 Å². The molecular formula is C18H20N. The van der Waals surface area contributed by atoms with Crippen molar-refractivity contribution in [3.05, 3.63) is 53.6 Å². The van der Waals surface area contributed by atoms with Crippen molar-refractivity contribution in [1.82, 2.24) is 0 Å². The van der Waals surface area contributed by atoms with Crippen molar-refractivity contribution in [3.8, 4) is 11.1 Å². The number of fused-ring (bicyclic) bond motifs is 3. The van der Waals surface area contributed by atoms with E-state index in [1.807, 2.05) is 0 Å². The Morgan fingerprint density at radius 1 is 1.16 bits per heavy atom. The van der Waals surface area contributed by atoms with Crippen molar-refractivity contribution in [2.75, 3.05) is 5.32 Å². The summed E-state index contributed by atoms with van der Waals surface area (Å²) in [5.74, 6) is 0. The van der Waals surface area contributed by atoms with E-state index in [2.05, 4.69) is 61.6 Å². The summed E-state index contributed by atoms with van der Waals surface area (Å²) in [7, 11) is 0. The predicted molar refractivity (Wildman–Crippen MR) is 81.5 cm³/mol. The smallest absolute Gasteiger partial charge is 0.0426 e. The Labute approximate surface area is 115 Å². The Hall–Kier alpha value is -1.76. The molecule has 2 aromatic carbocycles. The van der Waals surface area contributed by atoms with Gasteiger partial charge in [-0.15, -0.1) is 0 Å². The highest BCUT2D eigenvalue weighted by Crippen LogP contribution is 2.37. The largest absolute Gasteiger partial charge is 0.382 e. The van der Waals surface area contributed by atoms with Gasteiger partial charge in [-0.3, -0.25) is 0 Å². The normalized spacial score (nSPS) is 13.8. The van der Waals surface area contributed by atoms with Crippen LogP contribution in [-0.4, -0.2) is 6.04 Å².